The van der Waals surface area contributed by atoms with Crippen molar-refractivity contribution in [3.8, 4) is 0 Å². The molecule has 0 spiro atoms. The maximum Gasteiger partial charge on any atom is 0.123 e. The average Bonchev–Trinajstić information content (AvgIpc) is 2.35. The van der Waals surface area contributed by atoms with Crippen LogP contribution in [-0.4, -0.2) is 12.6 Å². The maximum atomic E-state index is 13.4. The first-order chi connectivity index (χ1) is 8.97. The summed E-state index contributed by atoms with van der Waals surface area (Å²) in [5.41, 5.74) is 7.95. The highest BCUT2D eigenvalue weighted by atomic mass is 19.1. The van der Waals surface area contributed by atoms with Crippen LogP contribution in [0.3, 0.4) is 0 Å². The summed E-state index contributed by atoms with van der Waals surface area (Å²) >= 11 is 0. The van der Waals surface area contributed by atoms with Gasteiger partial charge in [-0.25, -0.2) is 4.39 Å². The van der Waals surface area contributed by atoms with Gasteiger partial charge in [-0.2, -0.15) is 0 Å². The molecule has 0 saturated heterocycles. The van der Waals surface area contributed by atoms with Crippen LogP contribution in [0.25, 0.3) is 0 Å². The third-order valence-electron chi connectivity index (χ3n) is 3.42. The standard InChI is InChI=1S/C16H27FN2/c1-5-6-7-10-19(12(2)3)16-9-8-14(17)11-15(16)13(4)18/h8-9,11-13H,5-7,10,18H2,1-4H3. The van der Waals surface area contributed by atoms with Crippen LogP contribution in [-0.2, 0) is 0 Å². The van der Waals surface area contributed by atoms with E-state index in [1.807, 2.05) is 13.0 Å². The van der Waals surface area contributed by atoms with Crippen LogP contribution in [0.15, 0.2) is 18.2 Å². The van der Waals surface area contributed by atoms with Crippen molar-refractivity contribution in [2.75, 3.05) is 11.4 Å². The predicted octanol–water partition coefficient (Wildman–Crippen LogP) is 4.25. The van der Waals surface area contributed by atoms with Gasteiger partial charge < -0.3 is 10.6 Å². The van der Waals surface area contributed by atoms with Crippen molar-refractivity contribution in [2.45, 2.75) is 59.0 Å². The maximum absolute atomic E-state index is 13.4. The van der Waals surface area contributed by atoms with Gasteiger partial charge in [0.25, 0.3) is 0 Å². The van der Waals surface area contributed by atoms with Crippen LogP contribution < -0.4 is 10.6 Å². The van der Waals surface area contributed by atoms with Gasteiger partial charge in [-0.1, -0.05) is 19.8 Å². The zero-order valence-electron chi connectivity index (χ0n) is 12.6. The second-order valence-electron chi connectivity index (χ2n) is 5.49. The van der Waals surface area contributed by atoms with Crippen molar-refractivity contribution in [3.05, 3.63) is 29.6 Å². The Balaban J connectivity index is 3.01. The molecule has 108 valence electrons. The third kappa shape index (κ3) is 4.50. The molecule has 0 aliphatic heterocycles. The van der Waals surface area contributed by atoms with E-state index in [0.717, 1.165) is 24.2 Å². The van der Waals surface area contributed by atoms with Crippen LogP contribution in [0.4, 0.5) is 10.1 Å². The summed E-state index contributed by atoms with van der Waals surface area (Å²) in [7, 11) is 0. The van der Waals surface area contributed by atoms with E-state index in [2.05, 4.69) is 25.7 Å². The molecule has 1 aromatic rings. The van der Waals surface area contributed by atoms with Gasteiger partial charge >= 0.3 is 0 Å². The number of nitrogens with zero attached hydrogens (tertiary/aromatic N) is 1. The Kier molecular flexibility index (Phi) is 6.29. The van der Waals surface area contributed by atoms with E-state index in [1.54, 1.807) is 6.07 Å². The molecule has 1 rings (SSSR count). The number of unbranched alkanes of at least 4 members (excludes halogenated alkanes) is 2. The normalized spacial score (nSPS) is 12.8. The van der Waals surface area contributed by atoms with Crippen molar-refractivity contribution in [2.24, 2.45) is 5.73 Å². The molecule has 0 aliphatic rings. The highest BCUT2D eigenvalue weighted by Gasteiger charge is 2.16. The van der Waals surface area contributed by atoms with Crippen molar-refractivity contribution in [1.29, 1.82) is 0 Å². The summed E-state index contributed by atoms with van der Waals surface area (Å²) in [5.74, 6) is -0.215. The summed E-state index contributed by atoms with van der Waals surface area (Å²) in [4.78, 5) is 2.33. The fourth-order valence-corrected chi connectivity index (χ4v) is 2.34. The number of nitrogens with two attached hydrogens (primary N) is 1. The predicted molar refractivity (Wildman–Crippen MR) is 81.0 cm³/mol. The number of hydrogen-bond acceptors (Lipinski definition) is 2. The van der Waals surface area contributed by atoms with Gasteiger partial charge in [-0.3, -0.25) is 0 Å². The van der Waals surface area contributed by atoms with E-state index >= 15 is 0 Å². The molecular weight excluding hydrogens is 239 g/mol. The fraction of sp³-hybridized carbons (Fsp3) is 0.625. The van der Waals surface area contributed by atoms with Gasteiger partial charge in [0.15, 0.2) is 0 Å². The van der Waals surface area contributed by atoms with Crippen LogP contribution in [0, 0.1) is 5.82 Å². The largest absolute Gasteiger partial charge is 0.369 e. The summed E-state index contributed by atoms with van der Waals surface area (Å²) in [6.45, 7) is 9.44. The minimum Gasteiger partial charge on any atom is -0.369 e. The molecule has 0 heterocycles. The number of halogens is 1. The molecule has 2 N–H and O–H groups in total. The van der Waals surface area contributed by atoms with Gasteiger partial charge in [0, 0.05) is 24.3 Å². The molecule has 0 aliphatic carbocycles. The quantitative estimate of drug-likeness (QED) is 0.747. The molecule has 0 fully saturated rings. The number of hydrogen-bond donors (Lipinski definition) is 1. The van der Waals surface area contributed by atoms with E-state index in [-0.39, 0.29) is 11.9 Å². The highest BCUT2D eigenvalue weighted by molar-refractivity contribution is 5.55. The minimum atomic E-state index is -0.215. The highest BCUT2D eigenvalue weighted by Crippen LogP contribution is 2.28. The lowest BCUT2D eigenvalue weighted by atomic mass is 10.0. The summed E-state index contributed by atoms with van der Waals surface area (Å²) in [5, 5.41) is 0. The van der Waals surface area contributed by atoms with Crippen molar-refractivity contribution >= 4 is 5.69 Å². The molecular formula is C16H27FN2. The molecule has 1 aromatic carbocycles. The zero-order chi connectivity index (χ0) is 14.4. The molecule has 0 amide bonds. The molecule has 1 atom stereocenters. The summed E-state index contributed by atoms with van der Waals surface area (Å²) < 4.78 is 13.4. The SMILES string of the molecule is CCCCCN(c1ccc(F)cc1C(C)N)C(C)C. The molecule has 0 aromatic heterocycles. The molecule has 1 unspecified atom stereocenters. The fourth-order valence-electron chi connectivity index (χ4n) is 2.34. The molecule has 0 radical (unpaired) electrons. The Hall–Kier alpha value is -1.09. The Bertz CT molecular complexity index is 388. The van der Waals surface area contributed by atoms with E-state index < -0.39 is 0 Å². The second kappa shape index (κ2) is 7.49. The van der Waals surface area contributed by atoms with E-state index in [0.29, 0.717) is 6.04 Å². The van der Waals surface area contributed by atoms with Gasteiger partial charge in [0.2, 0.25) is 0 Å². The molecule has 19 heavy (non-hydrogen) atoms. The molecule has 0 bridgehead atoms. The first-order valence-corrected chi connectivity index (χ1v) is 7.29. The van der Waals surface area contributed by atoms with Crippen LogP contribution in [0.5, 0.6) is 0 Å². The number of anilines is 1. The Morgan fingerprint density at radius 3 is 2.42 bits per heavy atom. The molecule has 3 heteroatoms. The Labute approximate surface area is 116 Å². The van der Waals surface area contributed by atoms with Crippen LogP contribution >= 0.6 is 0 Å². The van der Waals surface area contributed by atoms with E-state index in [1.165, 1.54) is 18.9 Å². The van der Waals surface area contributed by atoms with E-state index in [9.17, 15) is 4.39 Å². The number of benzene rings is 1. The summed E-state index contributed by atoms with van der Waals surface area (Å²) in [6.07, 6.45) is 3.58. The van der Waals surface area contributed by atoms with Crippen molar-refractivity contribution in [3.63, 3.8) is 0 Å². The monoisotopic (exact) mass is 266 g/mol. The van der Waals surface area contributed by atoms with Gasteiger partial charge in [0.1, 0.15) is 5.82 Å². The summed E-state index contributed by atoms with van der Waals surface area (Å²) in [6, 6.07) is 5.18. The van der Waals surface area contributed by atoms with Gasteiger partial charge in [0.05, 0.1) is 0 Å². The van der Waals surface area contributed by atoms with Gasteiger partial charge in [-0.15, -0.1) is 0 Å². The van der Waals surface area contributed by atoms with Crippen molar-refractivity contribution < 1.29 is 4.39 Å². The topological polar surface area (TPSA) is 29.3 Å². The Morgan fingerprint density at radius 1 is 1.21 bits per heavy atom. The smallest absolute Gasteiger partial charge is 0.123 e. The molecule has 0 saturated carbocycles. The van der Waals surface area contributed by atoms with E-state index in [4.69, 9.17) is 5.73 Å². The molecule has 2 nitrogen and oxygen atoms in total. The third-order valence-corrected chi connectivity index (χ3v) is 3.42. The first kappa shape index (κ1) is 16.0. The zero-order valence-corrected chi connectivity index (χ0v) is 12.6. The van der Waals surface area contributed by atoms with Crippen LogP contribution in [0.1, 0.15) is 58.6 Å². The average molecular weight is 266 g/mol. The number of rotatable bonds is 7. The van der Waals surface area contributed by atoms with Crippen molar-refractivity contribution in [1.82, 2.24) is 0 Å². The lowest BCUT2D eigenvalue weighted by molar-refractivity contribution is 0.607. The second-order valence-corrected chi connectivity index (χ2v) is 5.49. The van der Waals surface area contributed by atoms with Gasteiger partial charge in [-0.05, 0) is 51.0 Å². The Morgan fingerprint density at radius 2 is 1.89 bits per heavy atom. The first-order valence-electron chi connectivity index (χ1n) is 7.29. The minimum absolute atomic E-state index is 0.155. The lowest BCUT2D eigenvalue weighted by Crippen LogP contribution is -2.33. The lowest BCUT2D eigenvalue weighted by Gasteiger charge is -2.32. The van der Waals surface area contributed by atoms with Crippen LogP contribution in [0.2, 0.25) is 0 Å².